The summed E-state index contributed by atoms with van der Waals surface area (Å²) in [7, 11) is 0. The molecule has 0 fully saturated rings. The summed E-state index contributed by atoms with van der Waals surface area (Å²) in [4.78, 5) is 0. The third-order valence-electron chi connectivity index (χ3n) is 14.8. The Kier molecular flexibility index (Phi) is 13.7. The van der Waals surface area contributed by atoms with Crippen molar-refractivity contribution in [3.05, 3.63) is 331 Å². The number of benzene rings is 8. The van der Waals surface area contributed by atoms with E-state index in [0.29, 0.717) is 0 Å². The van der Waals surface area contributed by atoms with Gasteiger partial charge in [-0.15, -0.1) is 0 Å². The first-order chi connectivity index (χ1) is 38.2. The number of rotatable bonds is 8. The van der Waals surface area contributed by atoms with Crippen molar-refractivity contribution >= 4 is 60.8 Å². The molecule has 0 bridgehead atoms. The van der Waals surface area contributed by atoms with Gasteiger partial charge in [0.25, 0.3) is 0 Å². The van der Waals surface area contributed by atoms with Gasteiger partial charge in [0.05, 0.1) is 0 Å². The predicted octanol–water partition coefficient (Wildman–Crippen LogP) is 19.6. The molecule has 0 heterocycles. The monoisotopic (exact) mass is 980 g/mol. The molecule has 0 heteroatoms. The molecule has 3 aliphatic rings. The Morgan fingerprint density at radius 1 is 0.338 bits per heavy atom. The van der Waals surface area contributed by atoms with Gasteiger partial charge in [0.2, 0.25) is 0 Å². The van der Waals surface area contributed by atoms with Gasteiger partial charge in [-0.25, -0.2) is 0 Å². The van der Waals surface area contributed by atoms with Crippen LogP contribution in [0.3, 0.4) is 0 Å². The first kappa shape index (κ1) is 48.1. The van der Waals surface area contributed by atoms with E-state index in [-0.39, 0.29) is 0 Å². The normalized spacial score (nSPS) is 12.2. The lowest BCUT2D eigenvalue weighted by Gasteiger charge is -2.17. The molecule has 12 rings (SSSR count). The summed E-state index contributed by atoms with van der Waals surface area (Å²) in [6, 6.07) is 99.9. The zero-order valence-corrected chi connectivity index (χ0v) is 43.2. The van der Waals surface area contributed by atoms with Crippen LogP contribution in [0.15, 0.2) is 304 Å². The molecular formula is C77H56. The molecule has 364 valence electrons. The van der Waals surface area contributed by atoms with Gasteiger partial charge < -0.3 is 0 Å². The maximum atomic E-state index is 4.09. The van der Waals surface area contributed by atoms with Crippen LogP contribution in [0.25, 0.3) is 116 Å². The number of allylic oxidation sites excluding steroid dienone is 4. The quantitative estimate of drug-likeness (QED) is 0.133. The minimum Gasteiger partial charge on any atom is -0.0991 e. The van der Waals surface area contributed by atoms with Crippen molar-refractivity contribution in [2.24, 2.45) is 0 Å². The van der Waals surface area contributed by atoms with Crippen molar-refractivity contribution in [1.29, 1.82) is 0 Å². The summed E-state index contributed by atoms with van der Waals surface area (Å²) in [5, 5.41) is 11.7. The van der Waals surface area contributed by atoms with E-state index in [0.717, 1.165) is 32.9 Å². The van der Waals surface area contributed by atoms with Crippen molar-refractivity contribution in [2.75, 3.05) is 0 Å². The first-order valence-corrected chi connectivity index (χ1v) is 26.6. The fraction of sp³-hybridized carbons (Fsp3) is 0.0130. The molecule has 0 amide bonds. The molecule has 0 radical (unpaired) electrons. The summed E-state index contributed by atoms with van der Waals surface area (Å²) in [6.07, 6.45) is 12.7. The topological polar surface area (TPSA) is 0 Å². The van der Waals surface area contributed by atoms with Gasteiger partial charge in [-0.3, -0.25) is 0 Å². The minimum absolute atomic E-state index is 1.15. The number of hydrogen-bond donors (Lipinski definition) is 0. The summed E-state index contributed by atoms with van der Waals surface area (Å²) >= 11 is 0. The van der Waals surface area contributed by atoms with Gasteiger partial charge >= 0.3 is 0 Å². The lowest BCUT2D eigenvalue weighted by atomic mass is 9.86. The molecule has 0 aromatic heterocycles. The minimum atomic E-state index is 1.15. The first-order valence-electron chi connectivity index (χ1n) is 26.6. The van der Waals surface area contributed by atoms with E-state index in [9.17, 15) is 0 Å². The lowest BCUT2D eigenvalue weighted by molar-refractivity contribution is 1.47. The molecule has 3 aliphatic carbocycles. The van der Waals surface area contributed by atoms with Gasteiger partial charge in [0.1, 0.15) is 0 Å². The second kappa shape index (κ2) is 21.9. The molecule has 0 atom stereocenters. The van der Waals surface area contributed by atoms with Crippen molar-refractivity contribution in [1.82, 2.24) is 0 Å². The molecule has 0 N–H and O–H groups in total. The van der Waals surface area contributed by atoms with E-state index in [2.05, 4.69) is 311 Å². The molecule has 9 aromatic carbocycles. The highest BCUT2D eigenvalue weighted by Gasteiger charge is 2.25. The Bertz CT molecular complexity index is 4460. The maximum Gasteiger partial charge on any atom is -0.00137 e. The van der Waals surface area contributed by atoms with Gasteiger partial charge in [0.15, 0.2) is 0 Å². The van der Waals surface area contributed by atoms with Crippen LogP contribution in [-0.2, 0) is 0 Å². The highest BCUT2D eigenvalue weighted by molar-refractivity contribution is 6.29. The van der Waals surface area contributed by atoms with Crippen LogP contribution in [0.2, 0.25) is 0 Å². The van der Waals surface area contributed by atoms with Crippen molar-refractivity contribution < 1.29 is 0 Å². The van der Waals surface area contributed by atoms with E-state index in [1.165, 1.54) is 98.6 Å². The molecule has 0 saturated carbocycles. The zero-order chi connectivity index (χ0) is 51.9. The summed E-state index contributed by atoms with van der Waals surface area (Å²) in [5.41, 5.74) is 16.4. The van der Waals surface area contributed by atoms with E-state index < -0.39 is 0 Å². The predicted molar refractivity (Wildman–Crippen MR) is 334 cm³/mol. The fourth-order valence-corrected chi connectivity index (χ4v) is 11.7. The van der Waals surface area contributed by atoms with E-state index in [1.54, 1.807) is 0 Å². The average Bonchev–Trinajstić information content (AvgIpc) is 4.19. The molecular weight excluding hydrogens is 925 g/mol. The standard InChI is InChI=1S/C77H56/c1-3-5-13-44-68-66-52-30-50-64-65-51-31-53-67-69-45-19-8-6-7-14-37-57-39-23-25-43-61(57)75(63-47-29-27-41-59(63)56-35-17-12-18-36-56)77(69)71(73(65)67)49-21-10-9-20-48-70(72(64)66)76(68)74(60-42-24-22-38-54(60)32-4-2)62-46-28-26-40-58(62)55-33-15-11-16-34-55/h3-53H,1H2,2H3/b7-6?,8-6?,10-9?,13-5+,14-7?,19-8?,20-9?,21-10?,32-4-,37-14?,45-19?,48-20?,49-21?,57-37?,65-64?,68-44+,69-45?,70-48?,71-49?,75-61?,76-74-,77-75?. The zero-order valence-electron chi connectivity index (χ0n) is 43.2. The highest BCUT2D eigenvalue weighted by Crippen LogP contribution is 2.50. The fourth-order valence-electron chi connectivity index (χ4n) is 11.7. The Hall–Kier alpha value is -9.88. The lowest BCUT2D eigenvalue weighted by Crippen LogP contribution is -2.25. The second-order valence-electron chi connectivity index (χ2n) is 19.3. The van der Waals surface area contributed by atoms with Crippen molar-refractivity contribution in [3.8, 4) is 55.6 Å². The smallest absolute Gasteiger partial charge is 0.00137 e. The Balaban J connectivity index is 1.32. The molecule has 0 spiro atoms. The van der Waals surface area contributed by atoms with Crippen LogP contribution in [-0.4, -0.2) is 0 Å². The van der Waals surface area contributed by atoms with Crippen molar-refractivity contribution in [2.45, 2.75) is 6.92 Å². The SMILES string of the molecule is C=C/C=C/C=c1/c(=C(\c2ccccc2/C=C\C)c2ccccc2-c2ccccc2)c2ccccccc3c4c(-c5ccccc5-c5ccccc5)c5ccccc5cccccccc4c4cccc(c4-3)c3cccc1c3-2. The van der Waals surface area contributed by atoms with E-state index in [4.69, 9.17) is 0 Å². The van der Waals surface area contributed by atoms with E-state index >= 15 is 0 Å². The van der Waals surface area contributed by atoms with Crippen molar-refractivity contribution in [3.63, 3.8) is 0 Å². The largest absolute Gasteiger partial charge is 0.0991 e. The third kappa shape index (κ3) is 9.07. The van der Waals surface area contributed by atoms with Crippen LogP contribution in [0.4, 0.5) is 0 Å². The summed E-state index contributed by atoms with van der Waals surface area (Å²) < 4.78 is 0. The summed E-state index contributed by atoms with van der Waals surface area (Å²) in [6.45, 7) is 6.20. The van der Waals surface area contributed by atoms with Crippen LogP contribution in [0.5, 0.6) is 0 Å². The third-order valence-corrected chi connectivity index (χ3v) is 14.8. The molecule has 9 aromatic rings. The molecule has 77 heavy (non-hydrogen) atoms. The molecule has 0 unspecified atom stereocenters. The molecule has 0 aliphatic heterocycles. The van der Waals surface area contributed by atoms with Gasteiger partial charge in [-0.05, 0) is 138 Å². The molecule has 0 saturated heterocycles. The Labute approximate surface area is 451 Å². The van der Waals surface area contributed by atoms with Crippen LogP contribution in [0, 0.1) is 0 Å². The second-order valence-corrected chi connectivity index (χ2v) is 19.3. The Morgan fingerprint density at radius 2 is 0.792 bits per heavy atom. The highest BCUT2D eigenvalue weighted by atomic mass is 14.3. The summed E-state index contributed by atoms with van der Waals surface area (Å²) in [5.74, 6) is 0. The van der Waals surface area contributed by atoms with Crippen LogP contribution in [0.1, 0.15) is 23.6 Å². The van der Waals surface area contributed by atoms with E-state index in [1.807, 2.05) is 12.2 Å². The van der Waals surface area contributed by atoms with Gasteiger partial charge in [0, 0.05) is 0 Å². The van der Waals surface area contributed by atoms with Gasteiger partial charge in [-0.1, -0.05) is 316 Å². The average molecular weight is 981 g/mol. The Morgan fingerprint density at radius 3 is 1.49 bits per heavy atom. The maximum absolute atomic E-state index is 4.09. The number of fused-ring (bicyclic) bond motifs is 5. The van der Waals surface area contributed by atoms with Gasteiger partial charge in [-0.2, -0.15) is 0 Å². The molecule has 0 nitrogen and oxygen atoms in total. The van der Waals surface area contributed by atoms with Crippen LogP contribution >= 0.6 is 0 Å². The van der Waals surface area contributed by atoms with Crippen LogP contribution < -0.4 is 10.4 Å². The number of hydrogen-bond acceptors (Lipinski definition) is 0.